The summed E-state index contributed by atoms with van der Waals surface area (Å²) in [6, 6.07) is 9.79. The lowest BCUT2D eigenvalue weighted by Gasteiger charge is -2.39. The van der Waals surface area contributed by atoms with Gasteiger partial charge in [0.1, 0.15) is 0 Å². The second-order valence-corrected chi connectivity index (χ2v) is 9.22. The second-order valence-electron chi connectivity index (χ2n) is 9.22. The van der Waals surface area contributed by atoms with Crippen LogP contribution in [0.4, 0.5) is 0 Å². The molecule has 0 bridgehead atoms. The molecule has 0 radical (unpaired) electrons. The smallest absolute Gasteiger partial charge is 0.427 e. The predicted molar refractivity (Wildman–Crippen MR) is 119 cm³/mol. The van der Waals surface area contributed by atoms with Crippen molar-refractivity contribution in [3.63, 3.8) is 0 Å². The summed E-state index contributed by atoms with van der Waals surface area (Å²) in [7, 11) is -1.16. The molecule has 6 heteroatoms. The lowest BCUT2D eigenvalue weighted by molar-refractivity contribution is -0.191. The van der Waals surface area contributed by atoms with Crippen molar-refractivity contribution in [3.05, 3.63) is 35.4 Å². The third kappa shape index (κ3) is 8.73. The molecule has 0 aliphatic heterocycles. The van der Waals surface area contributed by atoms with Crippen LogP contribution in [0.25, 0.3) is 0 Å². The summed E-state index contributed by atoms with van der Waals surface area (Å²) >= 11 is 0. The van der Waals surface area contributed by atoms with E-state index in [1.54, 1.807) is 5.56 Å². The Labute approximate surface area is 181 Å². The first-order chi connectivity index (χ1) is 14.5. The van der Waals surface area contributed by atoms with Crippen LogP contribution in [0.1, 0.15) is 87.7 Å². The Hall–Kier alpha value is -1.46. The maximum Gasteiger partial charge on any atom is 0.451 e. The molecule has 0 amide bonds. The van der Waals surface area contributed by atoms with Gasteiger partial charge < -0.3 is 15.8 Å². The summed E-state index contributed by atoms with van der Waals surface area (Å²) in [4.78, 5) is 16.2. The average Bonchev–Trinajstić information content (AvgIpc) is 2.71. The number of hydrogen-bond acceptors (Lipinski definition) is 5. The van der Waals surface area contributed by atoms with E-state index in [1.165, 1.54) is 63.4 Å². The Morgan fingerprint density at radius 3 is 2.27 bits per heavy atom. The van der Waals surface area contributed by atoms with Crippen LogP contribution in [-0.4, -0.2) is 29.4 Å². The molecule has 0 heterocycles. The molecule has 2 saturated carbocycles. The third-order valence-corrected chi connectivity index (χ3v) is 7.03. The van der Waals surface area contributed by atoms with Gasteiger partial charge in [-0.1, -0.05) is 56.4 Å². The van der Waals surface area contributed by atoms with E-state index in [-0.39, 0.29) is 6.15 Å². The number of hydrogen-bond donors (Lipinski definition) is 3. The Morgan fingerprint density at radius 2 is 1.67 bits per heavy atom. The van der Waals surface area contributed by atoms with E-state index >= 15 is 0 Å². The van der Waals surface area contributed by atoms with Gasteiger partial charge >= 0.3 is 13.3 Å². The summed E-state index contributed by atoms with van der Waals surface area (Å²) in [6.07, 6.45) is 15.7. The van der Waals surface area contributed by atoms with Crippen LogP contribution in [0.2, 0.25) is 6.32 Å². The monoisotopic (exact) mass is 415 g/mol. The fourth-order valence-corrected chi connectivity index (χ4v) is 5.08. The number of aryl methyl sites for hydroxylation is 1. The maximum atomic E-state index is 8.88. The molecule has 1 aromatic rings. The highest BCUT2D eigenvalue weighted by Gasteiger charge is 2.32. The van der Waals surface area contributed by atoms with Gasteiger partial charge in [-0.2, -0.15) is 9.59 Å². The molecule has 1 atom stereocenters. The van der Waals surface area contributed by atoms with Crippen molar-refractivity contribution < 1.29 is 19.6 Å². The maximum absolute atomic E-state index is 8.88. The van der Waals surface area contributed by atoms with Crippen molar-refractivity contribution >= 4 is 13.3 Å². The van der Waals surface area contributed by atoms with E-state index in [9.17, 15) is 0 Å². The predicted octanol–water partition coefficient (Wildman–Crippen LogP) is 4.08. The van der Waals surface area contributed by atoms with E-state index in [4.69, 9.17) is 25.4 Å². The van der Waals surface area contributed by atoms with Crippen LogP contribution in [0, 0.1) is 11.8 Å². The lowest BCUT2D eigenvalue weighted by Crippen LogP contribution is -2.39. The zero-order valence-electron chi connectivity index (χ0n) is 18.2. The molecule has 2 aliphatic carbocycles. The Morgan fingerprint density at radius 1 is 1.03 bits per heavy atom. The van der Waals surface area contributed by atoms with E-state index in [1.807, 2.05) is 0 Å². The van der Waals surface area contributed by atoms with E-state index in [0.717, 1.165) is 31.1 Å². The summed E-state index contributed by atoms with van der Waals surface area (Å²) < 4.78 is 0. The zero-order chi connectivity index (χ0) is 21.8. The van der Waals surface area contributed by atoms with Crippen LogP contribution in [0.3, 0.4) is 0 Å². The minimum atomic E-state index is -1.16. The molecule has 4 N–H and O–H groups in total. The first kappa shape index (κ1) is 24.8. The number of rotatable bonds is 10. The van der Waals surface area contributed by atoms with Gasteiger partial charge in [0.15, 0.2) is 0 Å². The molecular weight excluding hydrogens is 377 g/mol. The van der Waals surface area contributed by atoms with Gasteiger partial charge in [-0.05, 0) is 80.1 Å². The quantitative estimate of drug-likeness (QED) is 0.395. The Bertz CT molecular complexity index is 619. The van der Waals surface area contributed by atoms with Crippen LogP contribution >= 0.6 is 0 Å². The molecule has 5 nitrogen and oxygen atoms in total. The minimum absolute atomic E-state index is 0.250. The van der Waals surface area contributed by atoms with Gasteiger partial charge in [-0.15, -0.1) is 0 Å². The molecule has 30 heavy (non-hydrogen) atoms. The third-order valence-electron chi connectivity index (χ3n) is 7.03. The summed E-state index contributed by atoms with van der Waals surface area (Å²) in [5.41, 5.74) is 9.38. The molecule has 1 aromatic carbocycles. The van der Waals surface area contributed by atoms with Gasteiger partial charge in [0.2, 0.25) is 0 Å². The minimum Gasteiger partial charge on any atom is -0.427 e. The number of nitrogens with two attached hydrogens (primary N) is 1. The lowest BCUT2D eigenvalue weighted by atomic mass is 9.68. The van der Waals surface area contributed by atoms with Crippen molar-refractivity contribution in [2.75, 3.05) is 0 Å². The number of unbranched alkanes of at least 4 members (excludes halogenated alkanes) is 1. The van der Waals surface area contributed by atoms with Crippen molar-refractivity contribution in [1.29, 1.82) is 0 Å². The van der Waals surface area contributed by atoms with Crippen molar-refractivity contribution in [2.45, 2.75) is 95.3 Å². The van der Waals surface area contributed by atoms with Crippen LogP contribution < -0.4 is 5.73 Å². The van der Waals surface area contributed by atoms with E-state index in [2.05, 4.69) is 24.3 Å². The second kappa shape index (κ2) is 13.8. The number of carbonyl (C=O) groups excluding carboxylic acids is 2. The van der Waals surface area contributed by atoms with Gasteiger partial charge in [0.05, 0.1) is 0 Å². The summed E-state index contributed by atoms with van der Waals surface area (Å²) in [5.74, 6) is 2.34. The van der Waals surface area contributed by atoms with Crippen molar-refractivity contribution in [2.24, 2.45) is 17.6 Å². The van der Waals surface area contributed by atoms with Crippen LogP contribution in [0.15, 0.2) is 24.3 Å². The molecule has 3 rings (SSSR count). The topological polar surface area (TPSA) is 101 Å². The van der Waals surface area contributed by atoms with E-state index in [0.29, 0.717) is 18.3 Å². The molecule has 0 spiro atoms. The van der Waals surface area contributed by atoms with Gasteiger partial charge in [0, 0.05) is 6.04 Å². The van der Waals surface area contributed by atoms with Gasteiger partial charge in [-0.3, -0.25) is 0 Å². The summed E-state index contributed by atoms with van der Waals surface area (Å²) in [6.45, 7) is 0. The normalized spacial score (nSPS) is 22.2. The molecule has 166 valence electrons. The molecular formula is C24H38BNO4. The summed E-state index contributed by atoms with van der Waals surface area (Å²) in [5, 5.41) is 17.8. The van der Waals surface area contributed by atoms with Gasteiger partial charge in [0.25, 0.3) is 0 Å². The Kier molecular flexibility index (Phi) is 11.4. The molecule has 2 aliphatic rings. The zero-order valence-corrected chi connectivity index (χ0v) is 18.2. The van der Waals surface area contributed by atoms with Crippen molar-refractivity contribution in [3.8, 4) is 0 Å². The first-order valence-corrected chi connectivity index (χ1v) is 11.7. The van der Waals surface area contributed by atoms with Crippen LogP contribution in [0.5, 0.6) is 0 Å². The highest BCUT2D eigenvalue weighted by molar-refractivity contribution is 6.40. The highest BCUT2D eigenvalue weighted by atomic mass is 16.4. The van der Waals surface area contributed by atoms with Crippen LogP contribution in [-0.2, 0) is 16.0 Å². The first-order valence-electron chi connectivity index (χ1n) is 11.7. The SMILES string of the molecule is NC(CCCCB(O)O)C1CC(CCc2ccc(C3CCCCC3)cc2)C1.O=C=O. The molecule has 0 aromatic heterocycles. The largest absolute Gasteiger partial charge is 0.451 e. The fourth-order valence-electron chi connectivity index (χ4n) is 5.08. The fraction of sp³-hybridized carbons (Fsp3) is 0.708. The Balaban J connectivity index is 0.00000101. The highest BCUT2D eigenvalue weighted by Crippen LogP contribution is 2.39. The van der Waals surface area contributed by atoms with E-state index < -0.39 is 7.12 Å². The average molecular weight is 415 g/mol. The molecule has 2 fully saturated rings. The van der Waals surface area contributed by atoms with Gasteiger partial charge in [-0.25, -0.2) is 0 Å². The van der Waals surface area contributed by atoms with Crippen molar-refractivity contribution in [1.82, 2.24) is 0 Å². The standard InChI is InChI=1S/C23H38BNO2.CO2/c25-23(8-4-5-15-24(26)27)22-16-19(17-22)10-9-18-11-13-21(14-12-18)20-6-2-1-3-7-20;2-1-3/h11-14,19-20,22-23,26-27H,1-10,15-17,25H2;. The molecule has 1 unspecified atom stereocenters. The number of benzene rings is 1. The molecule has 0 saturated heterocycles.